The Balaban J connectivity index is 1.07. The standard InChI is InChI=1S/C27H31N7O3S/c1-2-6-18(5-1)26-33-34-27(38-26)32-24-9-8-22-23(31-24)14-20(16-29-22)30-19-13-21(17-28-15-19)35-11-12-37-25-7-3-4-10-36-25/h8-9,13-18,25,30H,1-7,10-12H2,(H,31,32,34). The molecule has 1 saturated carbocycles. The molecule has 4 aromatic heterocycles. The van der Waals surface area contributed by atoms with Crippen LogP contribution in [0.3, 0.4) is 0 Å². The molecular weight excluding hydrogens is 502 g/mol. The summed E-state index contributed by atoms with van der Waals surface area (Å²) in [5, 5.41) is 17.2. The van der Waals surface area contributed by atoms with Crippen molar-refractivity contribution in [2.75, 3.05) is 30.5 Å². The van der Waals surface area contributed by atoms with Gasteiger partial charge < -0.3 is 24.8 Å². The highest BCUT2D eigenvalue weighted by atomic mass is 32.1. The smallest absolute Gasteiger partial charge is 0.211 e. The van der Waals surface area contributed by atoms with Crippen LogP contribution < -0.4 is 15.4 Å². The minimum absolute atomic E-state index is 0.115. The first kappa shape index (κ1) is 24.9. The number of hydrogen-bond acceptors (Lipinski definition) is 11. The number of nitrogens with zero attached hydrogens (tertiary/aromatic N) is 5. The van der Waals surface area contributed by atoms with Crippen LogP contribution in [0.25, 0.3) is 11.0 Å². The lowest BCUT2D eigenvalue weighted by Crippen LogP contribution is -2.24. The molecule has 1 aliphatic heterocycles. The highest BCUT2D eigenvalue weighted by Gasteiger charge is 2.21. The van der Waals surface area contributed by atoms with E-state index < -0.39 is 0 Å². The zero-order chi connectivity index (χ0) is 25.6. The minimum Gasteiger partial charge on any atom is -0.489 e. The Labute approximate surface area is 225 Å². The lowest BCUT2D eigenvalue weighted by atomic mass is 10.1. The van der Waals surface area contributed by atoms with E-state index in [4.69, 9.17) is 19.2 Å². The van der Waals surface area contributed by atoms with E-state index >= 15 is 0 Å². The molecule has 6 rings (SSSR count). The summed E-state index contributed by atoms with van der Waals surface area (Å²) in [7, 11) is 0. The summed E-state index contributed by atoms with van der Waals surface area (Å²) in [4.78, 5) is 13.6. The number of rotatable bonds is 10. The largest absolute Gasteiger partial charge is 0.489 e. The molecule has 1 unspecified atom stereocenters. The molecule has 10 nitrogen and oxygen atoms in total. The first-order chi connectivity index (χ1) is 18.8. The Morgan fingerprint density at radius 1 is 0.895 bits per heavy atom. The predicted octanol–water partition coefficient (Wildman–Crippen LogP) is 5.94. The van der Waals surface area contributed by atoms with Gasteiger partial charge in [-0.25, -0.2) is 4.98 Å². The van der Waals surface area contributed by atoms with Gasteiger partial charge in [0.15, 0.2) is 6.29 Å². The molecule has 4 aromatic rings. The third kappa shape index (κ3) is 6.35. The topological polar surface area (TPSA) is 116 Å². The van der Waals surface area contributed by atoms with Crippen LogP contribution in [-0.4, -0.2) is 51.3 Å². The van der Waals surface area contributed by atoms with Crippen LogP contribution >= 0.6 is 11.3 Å². The zero-order valence-corrected chi connectivity index (χ0v) is 22.0. The molecule has 1 aliphatic carbocycles. The Bertz CT molecular complexity index is 1360. The SMILES string of the molecule is c1ncc(OCCOC2CCCCO2)cc1Nc1cnc2ccc(Nc3nnc(C4CCCC4)s3)nc2c1. The van der Waals surface area contributed by atoms with E-state index in [1.54, 1.807) is 29.9 Å². The molecule has 198 valence electrons. The molecule has 1 saturated heterocycles. The summed E-state index contributed by atoms with van der Waals surface area (Å²) in [6, 6.07) is 7.72. The highest BCUT2D eigenvalue weighted by Crippen LogP contribution is 2.37. The zero-order valence-electron chi connectivity index (χ0n) is 21.1. The fourth-order valence-electron chi connectivity index (χ4n) is 4.79. The van der Waals surface area contributed by atoms with Gasteiger partial charge in [-0.05, 0) is 50.3 Å². The molecule has 38 heavy (non-hydrogen) atoms. The average Bonchev–Trinajstić information content (AvgIpc) is 3.65. The van der Waals surface area contributed by atoms with Crippen molar-refractivity contribution in [2.45, 2.75) is 57.2 Å². The van der Waals surface area contributed by atoms with Gasteiger partial charge in [-0.15, -0.1) is 10.2 Å². The van der Waals surface area contributed by atoms with Gasteiger partial charge in [0.1, 0.15) is 23.2 Å². The van der Waals surface area contributed by atoms with Crippen molar-refractivity contribution in [1.82, 2.24) is 25.1 Å². The van der Waals surface area contributed by atoms with Gasteiger partial charge in [0.05, 0.1) is 47.6 Å². The van der Waals surface area contributed by atoms with Gasteiger partial charge in [0.25, 0.3) is 0 Å². The first-order valence-electron chi connectivity index (χ1n) is 13.2. The maximum absolute atomic E-state index is 5.82. The van der Waals surface area contributed by atoms with E-state index in [0.717, 1.165) is 58.4 Å². The molecule has 0 amide bonds. The number of fused-ring (bicyclic) bond motifs is 1. The first-order valence-corrected chi connectivity index (χ1v) is 14.1. The summed E-state index contributed by atoms with van der Waals surface area (Å²) in [5.74, 6) is 1.92. The molecule has 0 spiro atoms. The van der Waals surface area contributed by atoms with Crippen molar-refractivity contribution in [3.63, 3.8) is 0 Å². The van der Waals surface area contributed by atoms with Crippen LogP contribution in [0.5, 0.6) is 5.75 Å². The summed E-state index contributed by atoms with van der Waals surface area (Å²) in [6.45, 7) is 1.67. The van der Waals surface area contributed by atoms with Gasteiger partial charge in [-0.2, -0.15) is 0 Å². The second-order valence-corrected chi connectivity index (χ2v) is 10.6. The van der Waals surface area contributed by atoms with Crippen LogP contribution in [0.15, 0.2) is 42.9 Å². The second kappa shape index (κ2) is 12.0. The predicted molar refractivity (Wildman–Crippen MR) is 146 cm³/mol. The van der Waals surface area contributed by atoms with Crippen molar-refractivity contribution in [2.24, 2.45) is 0 Å². The van der Waals surface area contributed by atoms with Crippen molar-refractivity contribution in [3.8, 4) is 5.75 Å². The second-order valence-electron chi connectivity index (χ2n) is 9.56. The van der Waals surface area contributed by atoms with E-state index in [2.05, 4.69) is 30.8 Å². The van der Waals surface area contributed by atoms with Crippen LogP contribution in [-0.2, 0) is 9.47 Å². The highest BCUT2D eigenvalue weighted by molar-refractivity contribution is 7.15. The van der Waals surface area contributed by atoms with Gasteiger partial charge in [0.2, 0.25) is 5.13 Å². The Morgan fingerprint density at radius 3 is 2.68 bits per heavy atom. The Hall–Kier alpha value is -3.41. The maximum Gasteiger partial charge on any atom is 0.211 e. The molecule has 1 atom stereocenters. The molecular formula is C27H31N7O3S. The van der Waals surface area contributed by atoms with Crippen LogP contribution in [0.4, 0.5) is 22.3 Å². The molecule has 11 heteroatoms. The molecule has 0 aromatic carbocycles. The summed E-state index contributed by atoms with van der Waals surface area (Å²) in [6.07, 6.45) is 13.3. The third-order valence-corrected chi connectivity index (χ3v) is 7.71. The van der Waals surface area contributed by atoms with E-state index in [9.17, 15) is 0 Å². The van der Waals surface area contributed by atoms with E-state index in [1.165, 1.54) is 25.7 Å². The number of nitrogens with one attached hydrogen (secondary N) is 2. The van der Waals surface area contributed by atoms with Crippen molar-refractivity contribution < 1.29 is 14.2 Å². The molecule has 2 N–H and O–H groups in total. The van der Waals surface area contributed by atoms with Crippen LogP contribution in [0.2, 0.25) is 0 Å². The van der Waals surface area contributed by atoms with Crippen molar-refractivity contribution in [1.29, 1.82) is 0 Å². The number of aromatic nitrogens is 5. The molecule has 0 bridgehead atoms. The minimum atomic E-state index is -0.115. The molecule has 0 radical (unpaired) electrons. The molecule has 2 fully saturated rings. The normalized spacial score (nSPS) is 18.1. The number of hydrogen-bond donors (Lipinski definition) is 2. The number of ether oxygens (including phenoxy) is 3. The van der Waals surface area contributed by atoms with E-state index in [1.807, 2.05) is 24.3 Å². The average molecular weight is 534 g/mol. The quantitative estimate of drug-likeness (QED) is 0.237. The van der Waals surface area contributed by atoms with E-state index in [-0.39, 0.29) is 6.29 Å². The van der Waals surface area contributed by atoms with Crippen molar-refractivity contribution >= 4 is 44.7 Å². The number of anilines is 4. The Kier molecular flexibility index (Phi) is 7.84. The lowest BCUT2D eigenvalue weighted by Gasteiger charge is -2.22. The van der Waals surface area contributed by atoms with Gasteiger partial charge in [-0.3, -0.25) is 9.97 Å². The lowest BCUT2D eigenvalue weighted by molar-refractivity contribution is -0.165. The number of pyridine rings is 3. The summed E-state index contributed by atoms with van der Waals surface area (Å²) < 4.78 is 17.1. The monoisotopic (exact) mass is 533 g/mol. The molecule has 2 aliphatic rings. The third-order valence-electron chi connectivity index (χ3n) is 6.71. The van der Waals surface area contributed by atoms with Gasteiger partial charge in [0, 0.05) is 18.6 Å². The van der Waals surface area contributed by atoms with Crippen molar-refractivity contribution in [3.05, 3.63) is 47.9 Å². The fourth-order valence-corrected chi connectivity index (χ4v) is 5.71. The van der Waals surface area contributed by atoms with Gasteiger partial charge >= 0.3 is 0 Å². The van der Waals surface area contributed by atoms with Crippen LogP contribution in [0.1, 0.15) is 55.9 Å². The summed E-state index contributed by atoms with van der Waals surface area (Å²) >= 11 is 1.62. The fraction of sp³-hybridized carbons (Fsp3) is 0.444. The van der Waals surface area contributed by atoms with Gasteiger partial charge in [-0.1, -0.05) is 24.2 Å². The van der Waals surface area contributed by atoms with E-state index in [0.29, 0.717) is 30.7 Å². The molecule has 5 heterocycles. The van der Waals surface area contributed by atoms with Crippen LogP contribution in [0, 0.1) is 0 Å². The summed E-state index contributed by atoms with van der Waals surface area (Å²) in [5.41, 5.74) is 3.17. The maximum atomic E-state index is 5.82. The Morgan fingerprint density at radius 2 is 1.79 bits per heavy atom.